The number of ether oxygens (including phenoxy) is 1. The average molecular weight is 311 g/mol. The summed E-state index contributed by atoms with van der Waals surface area (Å²) >= 11 is 0. The van der Waals surface area contributed by atoms with Crippen molar-refractivity contribution in [3.8, 4) is 11.8 Å². The molecule has 2 N–H and O–H groups in total. The van der Waals surface area contributed by atoms with Crippen LogP contribution in [0.1, 0.15) is 18.9 Å². The number of sulfonamides is 1. The van der Waals surface area contributed by atoms with Gasteiger partial charge in [0.25, 0.3) is 0 Å². The monoisotopic (exact) mass is 311 g/mol. The van der Waals surface area contributed by atoms with Crippen molar-refractivity contribution in [1.29, 1.82) is 0 Å². The number of esters is 1. The van der Waals surface area contributed by atoms with Crippen molar-refractivity contribution in [2.45, 2.75) is 24.3 Å². The highest BCUT2D eigenvalue weighted by Gasteiger charge is 2.22. The Balaban J connectivity index is 2.86. The van der Waals surface area contributed by atoms with Crippen LogP contribution in [-0.2, 0) is 19.6 Å². The van der Waals surface area contributed by atoms with Gasteiger partial charge < -0.3 is 9.84 Å². The van der Waals surface area contributed by atoms with E-state index in [1.54, 1.807) is 12.1 Å². The van der Waals surface area contributed by atoms with Crippen molar-refractivity contribution in [3.05, 3.63) is 29.8 Å². The predicted octanol–water partition coefficient (Wildman–Crippen LogP) is 0.260. The van der Waals surface area contributed by atoms with Gasteiger partial charge in [-0.2, -0.15) is 4.72 Å². The van der Waals surface area contributed by atoms with Gasteiger partial charge in [0.15, 0.2) is 0 Å². The summed E-state index contributed by atoms with van der Waals surface area (Å²) in [4.78, 5) is 11.3. The molecule has 1 rings (SSSR count). The van der Waals surface area contributed by atoms with E-state index in [1.807, 2.05) is 0 Å². The smallest absolute Gasteiger partial charge is 0.323 e. The standard InChI is InChI=1S/C14H17NO5S/c1-11(14(17)20-2)15-21(18,19)13-8-6-12(7-9-13)5-3-4-10-16/h6-9,11,15-16H,4,10H2,1-2H3. The van der Waals surface area contributed by atoms with Gasteiger partial charge in [0.2, 0.25) is 10.0 Å². The number of aliphatic hydroxyl groups is 1. The lowest BCUT2D eigenvalue weighted by molar-refractivity contribution is -0.142. The first-order chi connectivity index (χ1) is 9.90. The minimum atomic E-state index is -3.80. The van der Waals surface area contributed by atoms with Gasteiger partial charge >= 0.3 is 5.97 Å². The Labute approximate surface area is 124 Å². The number of methoxy groups -OCH3 is 1. The van der Waals surface area contributed by atoms with Gasteiger partial charge in [0.05, 0.1) is 18.6 Å². The summed E-state index contributed by atoms with van der Waals surface area (Å²) in [5.41, 5.74) is 0.642. The minimum absolute atomic E-state index is 0.0190. The van der Waals surface area contributed by atoms with Crippen LogP contribution < -0.4 is 4.72 Å². The Hall–Kier alpha value is -1.88. The lowest BCUT2D eigenvalue weighted by atomic mass is 10.2. The van der Waals surface area contributed by atoms with Gasteiger partial charge in [-0.3, -0.25) is 4.79 Å². The number of rotatable bonds is 5. The summed E-state index contributed by atoms with van der Waals surface area (Å²) in [6.45, 7) is 1.38. The first-order valence-corrected chi connectivity index (χ1v) is 7.69. The molecule has 7 heteroatoms. The first-order valence-electron chi connectivity index (χ1n) is 6.20. The normalized spacial score (nSPS) is 12.1. The van der Waals surface area contributed by atoms with Gasteiger partial charge in [-0.05, 0) is 31.2 Å². The van der Waals surface area contributed by atoms with Crippen LogP contribution in [0.15, 0.2) is 29.2 Å². The number of aliphatic hydroxyl groups excluding tert-OH is 1. The molecule has 0 heterocycles. The number of nitrogens with one attached hydrogen (secondary N) is 1. The van der Waals surface area contributed by atoms with Crippen LogP contribution in [0.25, 0.3) is 0 Å². The maximum Gasteiger partial charge on any atom is 0.323 e. The summed E-state index contributed by atoms with van der Waals surface area (Å²) in [6, 6.07) is 4.94. The molecule has 0 aliphatic heterocycles. The second-order valence-electron chi connectivity index (χ2n) is 4.17. The summed E-state index contributed by atoms with van der Waals surface area (Å²) < 4.78 is 30.8. The number of carbonyl (C=O) groups excluding carboxylic acids is 1. The topological polar surface area (TPSA) is 92.7 Å². The fourth-order valence-corrected chi connectivity index (χ4v) is 2.66. The molecular weight excluding hydrogens is 294 g/mol. The summed E-state index contributed by atoms with van der Waals surface area (Å²) in [7, 11) is -2.61. The highest BCUT2D eigenvalue weighted by molar-refractivity contribution is 7.89. The largest absolute Gasteiger partial charge is 0.468 e. The Morgan fingerprint density at radius 2 is 2.00 bits per heavy atom. The summed E-state index contributed by atoms with van der Waals surface area (Å²) in [5.74, 6) is 4.87. The molecule has 0 saturated heterocycles. The second-order valence-corrected chi connectivity index (χ2v) is 5.88. The molecule has 1 aromatic carbocycles. The third-order valence-corrected chi connectivity index (χ3v) is 4.08. The van der Waals surface area contributed by atoms with E-state index in [0.29, 0.717) is 12.0 Å². The Kier molecular flexibility index (Phi) is 6.37. The van der Waals surface area contributed by atoms with Crippen molar-refractivity contribution in [2.75, 3.05) is 13.7 Å². The third-order valence-electron chi connectivity index (χ3n) is 2.52. The molecule has 0 aliphatic carbocycles. The van der Waals surface area contributed by atoms with Gasteiger partial charge in [0, 0.05) is 12.0 Å². The molecule has 6 nitrogen and oxygen atoms in total. The molecule has 21 heavy (non-hydrogen) atoms. The molecule has 0 aliphatic rings. The lowest BCUT2D eigenvalue weighted by Gasteiger charge is -2.12. The van der Waals surface area contributed by atoms with Gasteiger partial charge in [-0.15, -0.1) is 0 Å². The quantitative estimate of drug-likeness (QED) is 0.601. The van der Waals surface area contributed by atoms with Gasteiger partial charge in [-0.1, -0.05) is 11.8 Å². The number of hydrogen-bond acceptors (Lipinski definition) is 5. The molecule has 0 radical (unpaired) electrons. The molecular formula is C14H17NO5S. The van der Waals surface area contributed by atoms with Crippen molar-refractivity contribution in [1.82, 2.24) is 4.72 Å². The first kappa shape index (κ1) is 17.2. The Morgan fingerprint density at radius 3 is 2.52 bits per heavy atom. The van der Waals surface area contributed by atoms with Crippen LogP contribution in [-0.4, -0.2) is 39.3 Å². The van der Waals surface area contributed by atoms with Gasteiger partial charge in [0.1, 0.15) is 6.04 Å². The molecule has 0 bridgehead atoms. The molecule has 114 valence electrons. The fourth-order valence-electron chi connectivity index (χ4n) is 1.46. The van der Waals surface area contributed by atoms with Crippen LogP contribution in [0, 0.1) is 11.8 Å². The number of carbonyl (C=O) groups is 1. The van der Waals surface area contributed by atoms with Crippen LogP contribution in [0.2, 0.25) is 0 Å². The molecule has 1 atom stereocenters. The van der Waals surface area contributed by atoms with Crippen molar-refractivity contribution in [3.63, 3.8) is 0 Å². The van der Waals surface area contributed by atoms with Crippen molar-refractivity contribution >= 4 is 16.0 Å². The van der Waals surface area contributed by atoms with E-state index >= 15 is 0 Å². The minimum Gasteiger partial charge on any atom is -0.468 e. The SMILES string of the molecule is COC(=O)C(C)NS(=O)(=O)c1ccc(C#CCCO)cc1. The van der Waals surface area contributed by atoms with E-state index < -0.39 is 22.0 Å². The molecule has 0 spiro atoms. The molecule has 0 fully saturated rings. The van der Waals surface area contributed by atoms with Crippen LogP contribution in [0.3, 0.4) is 0 Å². The number of benzene rings is 1. The maximum atomic E-state index is 12.0. The highest BCUT2D eigenvalue weighted by atomic mass is 32.2. The molecule has 1 unspecified atom stereocenters. The third kappa shape index (κ3) is 5.19. The predicted molar refractivity (Wildman–Crippen MR) is 76.8 cm³/mol. The number of hydrogen-bond donors (Lipinski definition) is 2. The van der Waals surface area contributed by atoms with E-state index in [1.165, 1.54) is 26.2 Å². The molecule has 0 aromatic heterocycles. The van der Waals surface area contributed by atoms with Crippen molar-refractivity contribution in [2.24, 2.45) is 0 Å². The van der Waals surface area contributed by atoms with Gasteiger partial charge in [-0.25, -0.2) is 8.42 Å². The zero-order valence-electron chi connectivity index (χ0n) is 11.8. The van der Waals surface area contributed by atoms with E-state index in [9.17, 15) is 13.2 Å². The summed E-state index contributed by atoms with van der Waals surface area (Å²) in [6.07, 6.45) is 0.359. The second kappa shape index (κ2) is 7.78. The zero-order chi connectivity index (χ0) is 15.9. The van der Waals surface area contributed by atoms with Crippen LogP contribution >= 0.6 is 0 Å². The maximum absolute atomic E-state index is 12.0. The Bertz CT molecular complexity index is 640. The fraction of sp³-hybridized carbons (Fsp3) is 0.357. The Morgan fingerprint density at radius 1 is 1.38 bits per heavy atom. The van der Waals surface area contributed by atoms with E-state index in [2.05, 4.69) is 21.3 Å². The summed E-state index contributed by atoms with van der Waals surface area (Å²) in [5, 5.41) is 8.62. The highest BCUT2D eigenvalue weighted by Crippen LogP contribution is 2.11. The average Bonchev–Trinajstić information content (AvgIpc) is 2.46. The van der Waals surface area contributed by atoms with Crippen molar-refractivity contribution < 1.29 is 23.1 Å². The van der Waals surface area contributed by atoms with Crippen LogP contribution in [0.4, 0.5) is 0 Å². The zero-order valence-corrected chi connectivity index (χ0v) is 12.6. The molecule has 0 amide bonds. The van der Waals surface area contributed by atoms with E-state index in [-0.39, 0.29) is 11.5 Å². The molecule has 1 aromatic rings. The lowest BCUT2D eigenvalue weighted by Crippen LogP contribution is -2.39. The van der Waals surface area contributed by atoms with Crippen LogP contribution in [0.5, 0.6) is 0 Å². The molecule has 0 saturated carbocycles. The van der Waals surface area contributed by atoms with E-state index in [0.717, 1.165) is 0 Å². The van der Waals surface area contributed by atoms with E-state index in [4.69, 9.17) is 5.11 Å².